The molecule has 2 aromatic carbocycles. The molecule has 0 aromatic heterocycles. The molecule has 1 atom stereocenters. The zero-order valence-corrected chi connectivity index (χ0v) is 21.5. The molecule has 0 saturated heterocycles. The van der Waals surface area contributed by atoms with Crippen molar-refractivity contribution in [3.05, 3.63) is 85.0 Å². The maximum atomic E-state index is 12.5. The van der Waals surface area contributed by atoms with E-state index in [1.54, 1.807) is 24.3 Å². The molecule has 196 valence electrons. The third-order valence-electron chi connectivity index (χ3n) is 5.54. The van der Waals surface area contributed by atoms with Gasteiger partial charge in [-0.1, -0.05) is 87.6 Å². The second-order valence-corrected chi connectivity index (χ2v) is 8.54. The third kappa shape index (κ3) is 11.8. The summed E-state index contributed by atoms with van der Waals surface area (Å²) in [6.45, 7) is 9.73. The van der Waals surface area contributed by atoms with Gasteiger partial charge in [0.25, 0.3) is 0 Å². The summed E-state index contributed by atoms with van der Waals surface area (Å²) >= 11 is 0. The Kier molecular flexibility index (Phi) is 15.1. The Morgan fingerprint density at radius 2 is 1.39 bits per heavy atom. The summed E-state index contributed by atoms with van der Waals surface area (Å²) in [5.74, 6) is -0.458. The van der Waals surface area contributed by atoms with Crippen LogP contribution in [-0.4, -0.2) is 38.5 Å². The molecule has 0 aliphatic heterocycles. The standard InChI is InChI=1S/C30H40O6/c1-4-7-8-9-10-11-12-25-13-15-26(16-14-25)27-17-19-28(20-18-27)30(31)32-23-29(36-34-22-6-3)24-35-33-21-5-2/h5-6,13-20,29H,2-4,7-12,21-24H2,1H3. The summed E-state index contributed by atoms with van der Waals surface area (Å²) < 4.78 is 5.38. The molecule has 36 heavy (non-hydrogen) atoms. The predicted molar refractivity (Wildman–Crippen MR) is 142 cm³/mol. The van der Waals surface area contributed by atoms with Crippen molar-refractivity contribution in [3.63, 3.8) is 0 Å². The number of hydrogen-bond donors (Lipinski definition) is 0. The average Bonchev–Trinajstić information content (AvgIpc) is 2.91. The van der Waals surface area contributed by atoms with E-state index in [0.717, 1.165) is 17.5 Å². The van der Waals surface area contributed by atoms with Crippen LogP contribution < -0.4 is 0 Å². The van der Waals surface area contributed by atoms with Crippen LogP contribution in [0.3, 0.4) is 0 Å². The van der Waals surface area contributed by atoms with Gasteiger partial charge >= 0.3 is 5.97 Å². The van der Waals surface area contributed by atoms with E-state index in [1.165, 1.54) is 44.1 Å². The highest BCUT2D eigenvalue weighted by Crippen LogP contribution is 2.21. The smallest absolute Gasteiger partial charge is 0.338 e. The monoisotopic (exact) mass is 496 g/mol. The van der Waals surface area contributed by atoms with Crippen LogP contribution in [0.25, 0.3) is 11.1 Å². The Balaban J connectivity index is 1.82. The molecule has 0 aliphatic carbocycles. The van der Waals surface area contributed by atoms with Crippen molar-refractivity contribution in [3.8, 4) is 11.1 Å². The van der Waals surface area contributed by atoms with Crippen LogP contribution in [0, 0.1) is 0 Å². The molecule has 0 radical (unpaired) electrons. The van der Waals surface area contributed by atoms with E-state index < -0.39 is 12.1 Å². The van der Waals surface area contributed by atoms with E-state index in [1.807, 2.05) is 12.1 Å². The Morgan fingerprint density at radius 3 is 2.06 bits per heavy atom. The summed E-state index contributed by atoms with van der Waals surface area (Å²) in [6, 6.07) is 16.0. The number of esters is 1. The fraction of sp³-hybridized carbons (Fsp3) is 0.433. The van der Waals surface area contributed by atoms with Gasteiger partial charge in [0.15, 0.2) is 6.10 Å². The third-order valence-corrected chi connectivity index (χ3v) is 5.54. The number of ether oxygens (including phenoxy) is 1. The minimum atomic E-state index is -0.659. The summed E-state index contributed by atoms with van der Waals surface area (Å²) in [5.41, 5.74) is 3.98. The van der Waals surface area contributed by atoms with E-state index in [0.29, 0.717) is 5.56 Å². The minimum absolute atomic E-state index is 0.0199. The van der Waals surface area contributed by atoms with Crippen molar-refractivity contribution in [1.29, 1.82) is 0 Å². The minimum Gasteiger partial charge on any atom is -0.459 e. The molecule has 0 bridgehead atoms. The van der Waals surface area contributed by atoms with Gasteiger partial charge in [0, 0.05) is 0 Å². The van der Waals surface area contributed by atoms with Crippen molar-refractivity contribution < 1.29 is 29.1 Å². The van der Waals surface area contributed by atoms with Gasteiger partial charge in [-0.3, -0.25) is 0 Å². The first-order valence-electron chi connectivity index (χ1n) is 12.8. The lowest BCUT2D eigenvalue weighted by Gasteiger charge is -2.16. The SMILES string of the molecule is C=CCOOCC(COC(=O)c1ccc(-c2ccc(CCCCCCCC)cc2)cc1)OOCC=C. The van der Waals surface area contributed by atoms with Gasteiger partial charge in [0.05, 0.1) is 5.56 Å². The highest BCUT2D eigenvalue weighted by Gasteiger charge is 2.16. The Morgan fingerprint density at radius 1 is 0.778 bits per heavy atom. The molecule has 2 aromatic rings. The summed E-state index contributed by atoms with van der Waals surface area (Å²) in [7, 11) is 0. The molecule has 0 spiro atoms. The molecule has 0 fully saturated rings. The number of carbonyl (C=O) groups excluding carboxylic acids is 1. The first-order chi connectivity index (χ1) is 17.7. The molecule has 0 amide bonds. The highest BCUT2D eigenvalue weighted by atomic mass is 17.2. The lowest BCUT2D eigenvalue weighted by atomic mass is 10.00. The van der Waals surface area contributed by atoms with E-state index in [9.17, 15) is 4.79 Å². The number of unbranched alkanes of at least 4 members (excludes halogenated alkanes) is 5. The van der Waals surface area contributed by atoms with E-state index in [4.69, 9.17) is 24.3 Å². The average molecular weight is 497 g/mol. The maximum absolute atomic E-state index is 12.5. The van der Waals surface area contributed by atoms with Crippen LogP contribution >= 0.6 is 0 Å². The van der Waals surface area contributed by atoms with Gasteiger partial charge in [-0.2, -0.15) is 0 Å². The number of benzene rings is 2. The van der Waals surface area contributed by atoms with Gasteiger partial charge in [-0.15, -0.1) is 13.2 Å². The Labute approximate surface area is 215 Å². The molecule has 1 unspecified atom stereocenters. The van der Waals surface area contributed by atoms with Crippen molar-refractivity contribution in [1.82, 2.24) is 0 Å². The van der Waals surface area contributed by atoms with Crippen molar-refractivity contribution in [2.45, 2.75) is 58.0 Å². The van der Waals surface area contributed by atoms with Crippen LogP contribution in [0.5, 0.6) is 0 Å². The van der Waals surface area contributed by atoms with Crippen molar-refractivity contribution in [2.75, 3.05) is 26.4 Å². The van der Waals surface area contributed by atoms with Crippen LogP contribution in [0.15, 0.2) is 73.8 Å². The number of rotatable bonds is 20. The lowest BCUT2D eigenvalue weighted by Crippen LogP contribution is -2.27. The number of hydrogen-bond acceptors (Lipinski definition) is 6. The number of aryl methyl sites for hydroxylation is 1. The molecule has 2 rings (SSSR count). The second kappa shape index (κ2) is 18.5. The van der Waals surface area contributed by atoms with Crippen LogP contribution in [0.2, 0.25) is 0 Å². The van der Waals surface area contributed by atoms with Gasteiger partial charge in [0.2, 0.25) is 0 Å². The first-order valence-corrected chi connectivity index (χ1v) is 12.8. The predicted octanol–water partition coefficient (Wildman–Crippen LogP) is 7.05. The molecule has 0 N–H and O–H groups in total. The molecule has 6 nitrogen and oxygen atoms in total. The molecule has 6 heteroatoms. The van der Waals surface area contributed by atoms with Gasteiger partial charge < -0.3 is 4.74 Å². The quantitative estimate of drug-likeness (QED) is 0.0643. The molecule has 0 saturated carbocycles. The number of carbonyl (C=O) groups is 1. The fourth-order valence-corrected chi connectivity index (χ4v) is 3.53. The second-order valence-electron chi connectivity index (χ2n) is 8.54. The van der Waals surface area contributed by atoms with Gasteiger partial charge in [0.1, 0.15) is 26.4 Å². The summed E-state index contributed by atoms with van der Waals surface area (Å²) in [4.78, 5) is 32.6. The maximum Gasteiger partial charge on any atom is 0.338 e. The van der Waals surface area contributed by atoms with E-state index >= 15 is 0 Å². The Hall–Kier alpha value is -2.77. The lowest BCUT2D eigenvalue weighted by molar-refractivity contribution is -0.363. The van der Waals surface area contributed by atoms with Crippen LogP contribution in [-0.2, 0) is 30.7 Å². The van der Waals surface area contributed by atoms with Crippen LogP contribution in [0.4, 0.5) is 0 Å². The highest BCUT2D eigenvalue weighted by molar-refractivity contribution is 5.90. The molecule has 0 aliphatic rings. The topological polar surface area (TPSA) is 63.2 Å². The zero-order valence-electron chi connectivity index (χ0n) is 21.5. The molecular weight excluding hydrogens is 456 g/mol. The normalized spacial score (nSPS) is 11.7. The fourth-order valence-electron chi connectivity index (χ4n) is 3.53. The zero-order chi connectivity index (χ0) is 25.8. The van der Waals surface area contributed by atoms with Gasteiger partial charge in [-0.25, -0.2) is 24.3 Å². The van der Waals surface area contributed by atoms with E-state index in [2.05, 4.69) is 44.3 Å². The van der Waals surface area contributed by atoms with Gasteiger partial charge in [-0.05, 0) is 41.7 Å². The van der Waals surface area contributed by atoms with Crippen molar-refractivity contribution >= 4 is 5.97 Å². The summed E-state index contributed by atoms with van der Waals surface area (Å²) in [5, 5.41) is 0. The van der Waals surface area contributed by atoms with Crippen molar-refractivity contribution in [2.24, 2.45) is 0 Å². The van der Waals surface area contributed by atoms with E-state index in [-0.39, 0.29) is 26.4 Å². The largest absolute Gasteiger partial charge is 0.459 e. The van der Waals surface area contributed by atoms with Crippen LogP contribution in [0.1, 0.15) is 61.4 Å². The molecular formula is C30H40O6. The Bertz CT molecular complexity index is 875. The first kappa shape index (κ1) is 29.5. The summed E-state index contributed by atoms with van der Waals surface area (Å²) in [6.07, 6.45) is 11.4. The molecule has 0 heterocycles.